The number of hydrogen-bond donors (Lipinski definition) is 1. The number of methoxy groups -OCH3 is 1. The Morgan fingerprint density at radius 2 is 1.67 bits per heavy atom. The van der Waals surface area contributed by atoms with E-state index in [1.165, 1.54) is 12.2 Å². The summed E-state index contributed by atoms with van der Waals surface area (Å²) < 4.78 is 4.91. The van der Waals surface area contributed by atoms with Gasteiger partial charge in [-0.15, -0.1) is 0 Å². The molecule has 0 aromatic rings. The smallest absolute Gasteiger partial charge is 0.239 e. The van der Waals surface area contributed by atoms with E-state index in [0.29, 0.717) is 12.1 Å². The number of nitrogens with zero attached hydrogens (tertiary/aromatic N) is 3. The highest BCUT2D eigenvalue weighted by Gasteiger charge is 2.17. The highest BCUT2D eigenvalue weighted by molar-refractivity contribution is 5.31. The van der Waals surface area contributed by atoms with Gasteiger partial charge in [0.15, 0.2) is 11.4 Å². The number of aliphatic hydroxyl groups is 1. The molecular weight excluding hydrogens is 274 g/mol. The zero-order chi connectivity index (χ0) is 16.3. The number of ether oxygens (including phenoxy) is 1. The maximum atomic E-state index is 10.1. The lowest BCUT2D eigenvalue weighted by Gasteiger charge is -1.96. The van der Waals surface area contributed by atoms with Crippen molar-refractivity contribution in [1.29, 1.82) is 0 Å². The molecule has 0 radical (unpaired) electrons. The van der Waals surface area contributed by atoms with E-state index in [2.05, 4.69) is 9.69 Å². The van der Waals surface area contributed by atoms with Crippen molar-refractivity contribution in [2.24, 2.45) is 0 Å². The summed E-state index contributed by atoms with van der Waals surface area (Å²) in [5, 5.41) is 17.1. The van der Waals surface area contributed by atoms with Gasteiger partial charge in [-0.25, -0.2) is 9.69 Å². The fraction of sp³-hybridized carbons (Fsp3) is 0.286. The lowest BCUT2D eigenvalue weighted by molar-refractivity contribution is -0.426. The molecule has 0 heterocycles. The molecule has 110 valence electrons. The van der Waals surface area contributed by atoms with Gasteiger partial charge in [-0.3, -0.25) is 10.1 Å². The fourth-order valence-electron chi connectivity index (χ4n) is 1.40. The molecule has 2 aliphatic carbocycles. The van der Waals surface area contributed by atoms with Gasteiger partial charge < -0.3 is 9.84 Å². The van der Waals surface area contributed by atoms with Crippen LogP contribution in [0.3, 0.4) is 0 Å². The Kier molecular flexibility index (Phi) is 8.58. The molecule has 2 aliphatic rings. The van der Waals surface area contributed by atoms with E-state index in [9.17, 15) is 10.1 Å². The Morgan fingerprint density at radius 3 is 1.95 bits per heavy atom. The van der Waals surface area contributed by atoms with Crippen LogP contribution < -0.4 is 0 Å². The average Bonchev–Trinajstić information content (AvgIpc) is 3.18. The zero-order valence-corrected chi connectivity index (χ0v) is 11.7. The molecular formula is C14H15N3O4. The third kappa shape index (κ3) is 6.19. The Morgan fingerprint density at radius 1 is 1.14 bits per heavy atom. The van der Waals surface area contributed by atoms with Crippen LogP contribution in [0.25, 0.3) is 9.69 Å². The van der Waals surface area contributed by atoms with E-state index in [0.717, 1.165) is 18.6 Å². The summed E-state index contributed by atoms with van der Waals surface area (Å²) in [5.74, 6) is 0.876. The topological polar surface area (TPSA) is 81.3 Å². The van der Waals surface area contributed by atoms with Crippen LogP contribution in [0.2, 0.25) is 0 Å². The molecule has 1 N–H and O–H groups in total. The minimum absolute atomic E-state index is 0.103. The highest BCUT2D eigenvalue weighted by Crippen LogP contribution is 2.20. The van der Waals surface area contributed by atoms with Crippen LogP contribution in [-0.2, 0) is 4.74 Å². The number of hydrogen-bond acceptors (Lipinski definition) is 4. The molecule has 0 saturated heterocycles. The predicted octanol–water partition coefficient (Wildman–Crippen LogP) is 2.69. The first-order valence-electron chi connectivity index (χ1n) is 5.78. The maximum absolute atomic E-state index is 10.1. The van der Waals surface area contributed by atoms with Crippen LogP contribution in [0.15, 0.2) is 47.2 Å². The summed E-state index contributed by atoms with van der Waals surface area (Å²) in [6.45, 7) is 13.2. The van der Waals surface area contributed by atoms with Crippen LogP contribution in [-0.4, -0.2) is 24.2 Å². The summed E-state index contributed by atoms with van der Waals surface area (Å²) in [7, 11) is 2.62. The molecule has 7 nitrogen and oxygen atoms in total. The minimum atomic E-state index is -0.464. The van der Waals surface area contributed by atoms with Gasteiger partial charge in [0, 0.05) is 13.5 Å². The van der Waals surface area contributed by atoms with E-state index in [4.69, 9.17) is 23.0 Å². The van der Waals surface area contributed by atoms with E-state index >= 15 is 0 Å². The van der Waals surface area contributed by atoms with Gasteiger partial charge in [-0.05, 0) is 12.2 Å². The number of rotatable bonds is 2. The van der Waals surface area contributed by atoms with Gasteiger partial charge in [-0.2, -0.15) is 0 Å². The first kappa shape index (κ1) is 18.1. The third-order valence-corrected chi connectivity index (χ3v) is 2.43. The van der Waals surface area contributed by atoms with Gasteiger partial charge in [0.2, 0.25) is 5.70 Å². The van der Waals surface area contributed by atoms with Crippen molar-refractivity contribution in [3.05, 3.63) is 80.1 Å². The summed E-state index contributed by atoms with van der Waals surface area (Å²) in [6, 6.07) is 0. The third-order valence-electron chi connectivity index (χ3n) is 2.43. The van der Waals surface area contributed by atoms with Crippen LogP contribution in [0.5, 0.6) is 0 Å². The van der Waals surface area contributed by atoms with Gasteiger partial charge in [-0.1, -0.05) is 12.2 Å². The second-order valence-electron chi connectivity index (χ2n) is 3.65. The van der Waals surface area contributed by atoms with E-state index in [1.807, 2.05) is 6.08 Å². The predicted molar refractivity (Wildman–Crippen MR) is 76.9 cm³/mol. The minimum Gasteiger partial charge on any atom is -0.502 e. The van der Waals surface area contributed by atoms with Crippen molar-refractivity contribution in [2.75, 3.05) is 14.2 Å². The Hall–Kier alpha value is -2.90. The monoisotopic (exact) mass is 289 g/mol. The number of nitro groups is 1. The summed E-state index contributed by atoms with van der Waals surface area (Å²) in [6.07, 6.45) is 7.30. The number of aliphatic hydroxyl groups excluding tert-OH is 1. The second kappa shape index (κ2) is 9.96. The Balaban J connectivity index is 0.000000342. The summed E-state index contributed by atoms with van der Waals surface area (Å²) in [4.78, 5) is 15.9. The van der Waals surface area contributed by atoms with Crippen molar-refractivity contribution < 1.29 is 14.8 Å². The van der Waals surface area contributed by atoms with E-state index < -0.39 is 4.92 Å². The molecule has 0 aromatic heterocycles. The number of allylic oxidation sites excluding steroid dienone is 4. The van der Waals surface area contributed by atoms with Crippen LogP contribution >= 0.6 is 0 Å². The Bertz CT molecular complexity index is 586. The maximum Gasteiger partial charge on any atom is 0.239 e. The van der Waals surface area contributed by atoms with Crippen molar-refractivity contribution in [3.8, 4) is 0 Å². The largest absolute Gasteiger partial charge is 0.502 e. The lowest BCUT2D eigenvalue weighted by Crippen LogP contribution is -1.94. The fourth-order valence-corrected chi connectivity index (χ4v) is 1.40. The van der Waals surface area contributed by atoms with E-state index in [-0.39, 0.29) is 12.1 Å². The molecule has 0 spiro atoms. The molecule has 0 atom stereocenters. The quantitative estimate of drug-likeness (QED) is 0.481. The normalized spacial score (nSPS) is 14.5. The molecule has 7 heteroatoms. The van der Waals surface area contributed by atoms with Crippen LogP contribution in [0.1, 0.15) is 12.8 Å². The average molecular weight is 289 g/mol. The first-order valence-corrected chi connectivity index (χ1v) is 5.78. The van der Waals surface area contributed by atoms with E-state index in [1.54, 1.807) is 13.2 Å². The van der Waals surface area contributed by atoms with Gasteiger partial charge >= 0.3 is 0 Å². The van der Waals surface area contributed by atoms with Crippen LogP contribution in [0, 0.1) is 23.3 Å². The molecule has 0 fully saturated rings. The Labute approximate surface area is 122 Å². The highest BCUT2D eigenvalue weighted by atomic mass is 16.6. The van der Waals surface area contributed by atoms with Gasteiger partial charge in [0.25, 0.3) is 0 Å². The standard InChI is InChI=1S/C7H7NO.C6H4N2O2.CH4O/c1-8-6-3-4-7(5-6)9-2;1-7-5-2-3-6(4-5)8(9)10;1-2/h3-4H,5H2,2H3;2-3H,4H2;2H,1H3. The zero-order valence-electron chi connectivity index (χ0n) is 11.7. The van der Waals surface area contributed by atoms with Crippen molar-refractivity contribution in [3.63, 3.8) is 0 Å². The molecule has 0 unspecified atom stereocenters. The van der Waals surface area contributed by atoms with Crippen molar-refractivity contribution in [1.82, 2.24) is 0 Å². The molecule has 21 heavy (non-hydrogen) atoms. The SMILES string of the molecule is CO.[C-]#[N+]C1=CC=C(OC)C1.[C-]#[N+]C1=CC=C([N+](=O)[O-])C1. The molecule has 0 aromatic carbocycles. The van der Waals surface area contributed by atoms with Crippen molar-refractivity contribution >= 4 is 0 Å². The summed E-state index contributed by atoms with van der Waals surface area (Å²) >= 11 is 0. The second-order valence-corrected chi connectivity index (χ2v) is 3.65. The van der Waals surface area contributed by atoms with Gasteiger partial charge in [0.05, 0.1) is 37.4 Å². The summed E-state index contributed by atoms with van der Waals surface area (Å²) in [5.41, 5.74) is 1.30. The molecule has 2 rings (SSSR count). The first-order chi connectivity index (χ1) is 10.1. The molecule has 0 bridgehead atoms. The van der Waals surface area contributed by atoms with Gasteiger partial charge in [0.1, 0.15) is 0 Å². The van der Waals surface area contributed by atoms with Crippen molar-refractivity contribution in [2.45, 2.75) is 12.8 Å². The molecule has 0 amide bonds. The lowest BCUT2D eigenvalue weighted by atomic mass is 10.3. The molecule has 0 aliphatic heterocycles. The molecule has 0 saturated carbocycles. The van der Waals surface area contributed by atoms with Crippen LogP contribution in [0.4, 0.5) is 0 Å².